The highest BCUT2D eigenvalue weighted by molar-refractivity contribution is 7.17. The maximum Gasteiger partial charge on any atom is 0.264 e. The van der Waals surface area contributed by atoms with E-state index in [0.29, 0.717) is 33.4 Å². The lowest BCUT2D eigenvalue weighted by atomic mass is 10.1. The van der Waals surface area contributed by atoms with E-state index in [0.717, 1.165) is 31.2 Å². The Bertz CT molecular complexity index is 794. The molecule has 1 heterocycles. The minimum atomic E-state index is -0.0163. The number of hydrogen-bond donors (Lipinski definition) is 1. The summed E-state index contributed by atoms with van der Waals surface area (Å²) in [4.78, 5) is 27.4. The van der Waals surface area contributed by atoms with Gasteiger partial charge in [-0.3, -0.25) is 9.59 Å². The summed E-state index contributed by atoms with van der Waals surface area (Å²) in [6, 6.07) is 11.8. The van der Waals surface area contributed by atoms with E-state index < -0.39 is 0 Å². The van der Waals surface area contributed by atoms with Crippen LogP contribution in [0.2, 0.25) is 4.34 Å². The molecular weight excluding hydrogens is 356 g/mol. The molecule has 2 fully saturated rings. The predicted molar refractivity (Wildman–Crippen MR) is 99.2 cm³/mol. The van der Waals surface area contributed by atoms with Gasteiger partial charge in [-0.25, -0.2) is 0 Å². The second kappa shape index (κ2) is 6.81. The molecule has 0 atom stereocenters. The molecule has 6 heteroatoms. The Morgan fingerprint density at radius 2 is 1.80 bits per heavy atom. The van der Waals surface area contributed by atoms with Crippen LogP contribution in [0, 0.1) is 0 Å². The molecule has 0 spiro atoms. The van der Waals surface area contributed by atoms with Gasteiger partial charge in [-0.05, 0) is 55.5 Å². The fraction of sp³-hybridized carbons (Fsp3) is 0.368. The molecule has 1 aromatic carbocycles. The highest BCUT2D eigenvalue weighted by Gasteiger charge is 2.33. The first-order valence-electron chi connectivity index (χ1n) is 8.56. The molecule has 1 aromatic heterocycles. The van der Waals surface area contributed by atoms with Gasteiger partial charge in [0.1, 0.15) is 0 Å². The smallest absolute Gasteiger partial charge is 0.264 e. The lowest BCUT2D eigenvalue weighted by molar-refractivity contribution is 0.0734. The van der Waals surface area contributed by atoms with Crippen molar-refractivity contribution in [1.82, 2.24) is 10.2 Å². The molecule has 0 radical (unpaired) electrons. The molecular formula is C19H19ClN2O2S. The summed E-state index contributed by atoms with van der Waals surface area (Å²) in [6.07, 6.45) is 4.25. The van der Waals surface area contributed by atoms with Gasteiger partial charge in [0.25, 0.3) is 11.8 Å². The van der Waals surface area contributed by atoms with E-state index in [1.54, 1.807) is 12.1 Å². The Balaban J connectivity index is 1.45. The number of nitrogens with one attached hydrogen (secondary N) is 1. The van der Waals surface area contributed by atoms with Crippen LogP contribution in [0.15, 0.2) is 36.4 Å². The topological polar surface area (TPSA) is 49.4 Å². The Morgan fingerprint density at radius 1 is 1.08 bits per heavy atom. The van der Waals surface area contributed by atoms with E-state index in [9.17, 15) is 9.59 Å². The Labute approximate surface area is 155 Å². The lowest BCUT2D eigenvalue weighted by Crippen LogP contribution is -2.32. The first-order valence-corrected chi connectivity index (χ1v) is 9.76. The van der Waals surface area contributed by atoms with Gasteiger partial charge in [-0.1, -0.05) is 23.7 Å². The number of carbonyl (C=O) groups is 2. The predicted octanol–water partition coefficient (Wildman–Crippen LogP) is 4.10. The fourth-order valence-electron chi connectivity index (χ4n) is 2.78. The lowest BCUT2D eigenvalue weighted by Gasteiger charge is -2.22. The summed E-state index contributed by atoms with van der Waals surface area (Å²) < 4.78 is 0.630. The molecule has 4 nitrogen and oxygen atoms in total. The second-order valence-electron chi connectivity index (χ2n) is 6.71. The maximum atomic E-state index is 12.8. The van der Waals surface area contributed by atoms with Crippen molar-refractivity contribution in [1.29, 1.82) is 0 Å². The van der Waals surface area contributed by atoms with Crippen LogP contribution >= 0.6 is 22.9 Å². The average molecular weight is 375 g/mol. The van der Waals surface area contributed by atoms with Gasteiger partial charge in [-0.2, -0.15) is 0 Å². The number of carbonyl (C=O) groups excluding carboxylic acids is 2. The molecule has 0 bridgehead atoms. The molecule has 1 N–H and O–H groups in total. The molecule has 2 aliphatic rings. The van der Waals surface area contributed by atoms with E-state index in [-0.39, 0.29) is 11.8 Å². The third kappa shape index (κ3) is 4.05. The van der Waals surface area contributed by atoms with E-state index in [1.165, 1.54) is 11.3 Å². The molecule has 4 rings (SSSR count). The number of nitrogens with zero attached hydrogens (tertiary/aromatic N) is 1. The third-order valence-corrected chi connectivity index (χ3v) is 5.73. The minimum Gasteiger partial charge on any atom is -0.349 e. The van der Waals surface area contributed by atoms with Crippen LogP contribution in [-0.4, -0.2) is 28.8 Å². The molecule has 0 aliphatic heterocycles. The summed E-state index contributed by atoms with van der Waals surface area (Å²) in [7, 11) is 0. The van der Waals surface area contributed by atoms with Crippen molar-refractivity contribution in [3.8, 4) is 0 Å². The van der Waals surface area contributed by atoms with Gasteiger partial charge in [0.2, 0.25) is 0 Å². The molecule has 130 valence electrons. The second-order valence-corrected chi connectivity index (χ2v) is 8.43. The fourth-order valence-corrected chi connectivity index (χ4v) is 3.78. The normalized spacial score (nSPS) is 16.5. The number of halogens is 1. The third-order valence-electron chi connectivity index (χ3n) is 4.51. The standard InChI is InChI=1S/C19H19ClN2O2S/c20-17-10-9-16(25-17)19(24)22(15-7-8-15)11-12-1-3-13(4-2-12)18(23)21-14-5-6-14/h1-4,9-10,14-15H,5-8,11H2,(H,21,23). The molecule has 2 aromatic rings. The van der Waals surface area contributed by atoms with Gasteiger partial charge < -0.3 is 10.2 Å². The molecule has 0 saturated heterocycles. The van der Waals surface area contributed by atoms with Crippen LogP contribution in [-0.2, 0) is 6.54 Å². The Hall–Kier alpha value is -1.85. The van der Waals surface area contributed by atoms with Crippen molar-refractivity contribution >= 4 is 34.8 Å². The van der Waals surface area contributed by atoms with Gasteiger partial charge in [-0.15, -0.1) is 11.3 Å². The number of amides is 2. The van der Waals surface area contributed by atoms with Crippen LogP contribution in [0.1, 0.15) is 51.3 Å². The van der Waals surface area contributed by atoms with Crippen LogP contribution in [0.5, 0.6) is 0 Å². The summed E-state index contributed by atoms with van der Waals surface area (Å²) in [6.45, 7) is 0.559. The Kier molecular flexibility index (Phi) is 4.52. The van der Waals surface area contributed by atoms with Crippen molar-refractivity contribution in [2.24, 2.45) is 0 Å². The number of thiophene rings is 1. The van der Waals surface area contributed by atoms with E-state index >= 15 is 0 Å². The largest absolute Gasteiger partial charge is 0.349 e. The van der Waals surface area contributed by atoms with Crippen LogP contribution in [0.25, 0.3) is 0 Å². The van der Waals surface area contributed by atoms with Crippen LogP contribution < -0.4 is 5.32 Å². The molecule has 0 unspecified atom stereocenters. The first kappa shape index (κ1) is 16.6. The Morgan fingerprint density at radius 3 is 2.36 bits per heavy atom. The SMILES string of the molecule is O=C(NC1CC1)c1ccc(CN(C(=O)c2ccc(Cl)s2)C2CC2)cc1. The van der Waals surface area contributed by atoms with Crippen molar-refractivity contribution in [3.63, 3.8) is 0 Å². The van der Waals surface area contributed by atoms with Gasteiger partial charge in [0.05, 0.1) is 9.21 Å². The van der Waals surface area contributed by atoms with E-state index in [2.05, 4.69) is 5.32 Å². The molecule has 2 amide bonds. The first-order chi connectivity index (χ1) is 12.1. The number of hydrogen-bond acceptors (Lipinski definition) is 3. The number of rotatable bonds is 6. The average Bonchev–Trinajstić information content (AvgIpc) is 3.53. The van der Waals surface area contributed by atoms with Crippen molar-refractivity contribution in [3.05, 3.63) is 56.7 Å². The highest BCUT2D eigenvalue weighted by Crippen LogP contribution is 2.32. The van der Waals surface area contributed by atoms with Gasteiger partial charge in [0.15, 0.2) is 0 Å². The van der Waals surface area contributed by atoms with Crippen molar-refractivity contribution < 1.29 is 9.59 Å². The van der Waals surface area contributed by atoms with Crippen molar-refractivity contribution in [2.75, 3.05) is 0 Å². The van der Waals surface area contributed by atoms with Crippen molar-refractivity contribution in [2.45, 2.75) is 44.3 Å². The zero-order chi connectivity index (χ0) is 17.4. The molecule has 2 aliphatic carbocycles. The number of benzene rings is 1. The van der Waals surface area contributed by atoms with Crippen LogP contribution in [0.3, 0.4) is 0 Å². The monoisotopic (exact) mass is 374 g/mol. The summed E-state index contributed by atoms with van der Waals surface area (Å²) in [5.41, 5.74) is 1.70. The zero-order valence-corrected chi connectivity index (χ0v) is 15.3. The van der Waals surface area contributed by atoms with Crippen LogP contribution in [0.4, 0.5) is 0 Å². The zero-order valence-electron chi connectivity index (χ0n) is 13.7. The highest BCUT2D eigenvalue weighted by atomic mass is 35.5. The minimum absolute atomic E-state index is 0.0163. The summed E-state index contributed by atoms with van der Waals surface area (Å²) in [5, 5.41) is 2.99. The van der Waals surface area contributed by atoms with Gasteiger partial charge >= 0.3 is 0 Å². The quantitative estimate of drug-likeness (QED) is 0.827. The van der Waals surface area contributed by atoms with Gasteiger partial charge in [0, 0.05) is 24.2 Å². The van der Waals surface area contributed by atoms with E-state index in [4.69, 9.17) is 11.6 Å². The maximum absolute atomic E-state index is 12.8. The summed E-state index contributed by atoms with van der Waals surface area (Å²) in [5.74, 6) is 0.0207. The molecule has 25 heavy (non-hydrogen) atoms. The van der Waals surface area contributed by atoms with E-state index in [1.807, 2.05) is 29.2 Å². The molecule has 2 saturated carbocycles. The summed E-state index contributed by atoms with van der Waals surface area (Å²) >= 11 is 7.28.